The number of ether oxygens (including phenoxy) is 1. The van der Waals surface area contributed by atoms with Gasteiger partial charge in [-0.3, -0.25) is 9.59 Å². The van der Waals surface area contributed by atoms with E-state index in [1.54, 1.807) is 6.92 Å². The lowest BCUT2D eigenvalue weighted by Crippen LogP contribution is -2.57. The molecular formula is C19H29N3O5S. The summed E-state index contributed by atoms with van der Waals surface area (Å²) >= 11 is 0. The molecule has 1 fully saturated rings. The lowest BCUT2D eigenvalue weighted by Gasteiger charge is -2.36. The van der Waals surface area contributed by atoms with Gasteiger partial charge in [-0.2, -0.15) is 0 Å². The molecule has 0 spiro atoms. The molecule has 1 saturated carbocycles. The lowest BCUT2D eigenvalue weighted by atomic mass is 9.80. The predicted molar refractivity (Wildman–Crippen MR) is 106 cm³/mol. The Labute approximate surface area is 166 Å². The molecule has 2 amide bonds. The van der Waals surface area contributed by atoms with Gasteiger partial charge in [0.25, 0.3) is 0 Å². The van der Waals surface area contributed by atoms with Gasteiger partial charge in [0.1, 0.15) is 5.54 Å². The van der Waals surface area contributed by atoms with Crippen LogP contribution < -0.4 is 15.4 Å². The Morgan fingerprint density at radius 2 is 1.75 bits per heavy atom. The highest BCUT2D eigenvalue weighted by Gasteiger charge is 2.40. The number of carbonyl (C=O) groups is 2. The normalized spacial score (nSPS) is 17.5. The van der Waals surface area contributed by atoms with E-state index < -0.39 is 15.6 Å². The molecule has 1 aromatic carbocycles. The minimum absolute atomic E-state index is 0.0997. The third-order valence-electron chi connectivity index (χ3n) is 4.75. The summed E-state index contributed by atoms with van der Waals surface area (Å²) in [6.07, 6.45) is 3.96. The minimum atomic E-state index is -3.68. The van der Waals surface area contributed by atoms with E-state index in [-0.39, 0.29) is 29.4 Å². The molecule has 8 nitrogen and oxygen atoms in total. The van der Waals surface area contributed by atoms with Crippen molar-refractivity contribution in [2.24, 2.45) is 0 Å². The fraction of sp³-hybridized carbons (Fsp3) is 0.579. The number of methoxy groups -OCH3 is 1. The van der Waals surface area contributed by atoms with Crippen molar-refractivity contribution in [3.63, 3.8) is 0 Å². The first-order chi connectivity index (χ1) is 13.2. The smallest absolute Gasteiger partial charge is 0.250 e. The maximum atomic E-state index is 12.9. The number of rotatable bonds is 8. The second-order valence-electron chi connectivity index (χ2n) is 7.28. The number of hydrogen-bond donors (Lipinski definition) is 3. The molecule has 0 bridgehead atoms. The molecule has 0 saturated heterocycles. The van der Waals surface area contributed by atoms with E-state index in [0.717, 1.165) is 19.3 Å². The summed E-state index contributed by atoms with van der Waals surface area (Å²) in [4.78, 5) is 24.5. The Morgan fingerprint density at radius 1 is 1.14 bits per heavy atom. The van der Waals surface area contributed by atoms with Crippen molar-refractivity contribution >= 4 is 27.5 Å². The van der Waals surface area contributed by atoms with E-state index in [4.69, 9.17) is 4.74 Å². The molecule has 3 N–H and O–H groups in total. The molecule has 28 heavy (non-hydrogen) atoms. The number of benzene rings is 1. The van der Waals surface area contributed by atoms with E-state index in [0.29, 0.717) is 18.5 Å². The SMILES string of the molecule is COCC(C)NS(=O)(=O)c1ccc(NC(=O)C2(NC(C)=O)CCCCC2)cc1. The van der Waals surface area contributed by atoms with Crippen LogP contribution in [0, 0.1) is 0 Å². The van der Waals surface area contributed by atoms with Crippen LogP contribution in [0.3, 0.4) is 0 Å². The highest BCUT2D eigenvalue weighted by Crippen LogP contribution is 2.29. The van der Waals surface area contributed by atoms with E-state index in [9.17, 15) is 18.0 Å². The summed E-state index contributed by atoms with van der Waals surface area (Å²) in [5, 5.41) is 5.62. The van der Waals surface area contributed by atoms with Crippen LogP contribution in [0.2, 0.25) is 0 Å². The first-order valence-corrected chi connectivity index (χ1v) is 10.9. The van der Waals surface area contributed by atoms with Gasteiger partial charge in [-0.1, -0.05) is 19.3 Å². The Balaban J connectivity index is 2.10. The highest BCUT2D eigenvalue weighted by molar-refractivity contribution is 7.89. The van der Waals surface area contributed by atoms with Gasteiger partial charge in [0.15, 0.2) is 0 Å². The van der Waals surface area contributed by atoms with Crippen LogP contribution in [-0.2, 0) is 24.3 Å². The zero-order chi connectivity index (χ0) is 20.8. The van der Waals surface area contributed by atoms with Crippen LogP contribution in [0.15, 0.2) is 29.2 Å². The zero-order valence-corrected chi connectivity index (χ0v) is 17.4. The minimum Gasteiger partial charge on any atom is -0.383 e. The number of carbonyl (C=O) groups excluding carboxylic acids is 2. The van der Waals surface area contributed by atoms with Crippen molar-refractivity contribution in [2.75, 3.05) is 19.0 Å². The monoisotopic (exact) mass is 411 g/mol. The molecule has 0 aliphatic heterocycles. The summed E-state index contributed by atoms with van der Waals surface area (Å²) in [5.74, 6) is -0.514. The fourth-order valence-corrected chi connectivity index (χ4v) is 4.71. The molecule has 1 unspecified atom stereocenters. The Hall–Kier alpha value is -1.97. The summed E-state index contributed by atoms with van der Waals surface area (Å²) < 4.78 is 32.2. The van der Waals surface area contributed by atoms with Crippen LogP contribution in [0.1, 0.15) is 46.0 Å². The average Bonchev–Trinajstić information content (AvgIpc) is 2.62. The zero-order valence-electron chi connectivity index (χ0n) is 16.6. The Kier molecular flexibility index (Phi) is 7.56. The maximum absolute atomic E-state index is 12.9. The van der Waals surface area contributed by atoms with Gasteiger partial charge in [-0.25, -0.2) is 13.1 Å². The molecule has 2 rings (SSSR count). The van der Waals surface area contributed by atoms with Crippen LogP contribution >= 0.6 is 0 Å². The van der Waals surface area contributed by atoms with Crippen molar-refractivity contribution in [1.29, 1.82) is 0 Å². The van der Waals surface area contributed by atoms with Crippen molar-refractivity contribution in [1.82, 2.24) is 10.0 Å². The molecule has 1 aliphatic carbocycles. The number of sulfonamides is 1. The van der Waals surface area contributed by atoms with Crippen molar-refractivity contribution in [3.05, 3.63) is 24.3 Å². The highest BCUT2D eigenvalue weighted by atomic mass is 32.2. The van der Waals surface area contributed by atoms with Gasteiger partial charge < -0.3 is 15.4 Å². The standard InChI is InChI=1S/C19H29N3O5S/c1-14(13-27-3)22-28(25,26)17-9-7-16(8-10-17)20-18(24)19(21-15(2)23)11-5-4-6-12-19/h7-10,14,22H,4-6,11-13H2,1-3H3,(H,20,24)(H,21,23). The lowest BCUT2D eigenvalue weighted by molar-refractivity contribution is -0.130. The van der Waals surface area contributed by atoms with Crippen LogP contribution in [0.5, 0.6) is 0 Å². The largest absolute Gasteiger partial charge is 0.383 e. The van der Waals surface area contributed by atoms with Crippen molar-refractivity contribution in [3.8, 4) is 0 Å². The topological polar surface area (TPSA) is 114 Å². The third kappa shape index (κ3) is 5.76. The second-order valence-corrected chi connectivity index (χ2v) is 8.99. The van der Waals surface area contributed by atoms with Crippen molar-refractivity contribution in [2.45, 2.75) is 62.4 Å². The number of amides is 2. The van der Waals surface area contributed by atoms with E-state index >= 15 is 0 Å². The molecule has 9 heteroatoms. The van der Waals surface area contributed by atoms with Gasteiger partial charge in [0.05, 0.1) is 11.5 Å². The summed E-state index contributed by atoms with van der Waals surface area (Å²) in [7, 11) is -2.17. The van der Waals surface area contributed by atoms with E-state index in [2.05, 4.69) is 15.4 Å². The molecule has 1 aromatic rings. The molecule has 0 heterocycles. The predicted octanol–water partition coefficient (Wildman–Crippen LogP) is 1.78. The molecule has 0 radical (unpaired) electrons. The van der Waals surface area contributed by atoms with Crippen LogP contribution in [0.4, 0.5) is 5.69 Å². The summed E-state index contributed by atoms with van der Waals surface area (Å²) in [6, 6.07) is 5.58. The van der Waals surface area contributed by atoms with Gasteiger partial charge in [-0.05, 0) is 44.0 Å². The first-order valence-electron chi connectivity index (χ1n) is 9.40. The van der Waals surface area contributed by atoms with Gasteiger partial charge in [0.2, 0.25) is 21.8 Å². The second kappa shape index (κ2) is 9.49. The molecule has 156 valence electrons. The Bertz CT molecular complexity index is 786. The van der Waals surface area contributed by atoms with Crippen LogP contribution in [0.25, 0.3) is 0 Å². The quantitative estimate of drug-likeness (QED) is 0.603. The van der Waals surface area contributed by atoms with Gasteiger partial charge in [0, 0.05) is 25.8 Å². The summed E-state index contributed by atoms with van der Waals surface area (Å²) in [5.41, 5.74) is -0.435. The molecular weight excluding hydrogens is 382 g/mol. The fourth-order valence-electron chi connectivity index (χ4n) is 3.49. The van der Waals surface area contributed by atoms with Gasteiger partial charge in [-0.15, -0.1) is 0 Å². The first kappa shape index (κ1) is 22.3. The van der Waals surface area contributed by atoms with E-state index in [1.165, 1.54) is 38.3 Å². The van der Waals surface area contributed by atoms with Crippen molar-refractivity contribution < 1.29 is 22.7 Å². The molecule has 1 aliphatic rings. The maximum Gasteiger partial charge on any atom is 0.250 e. The van der Waals surface area contributed by atoms with E-state index in [1.807, 2.05) is 0 Å². The third-order valence-corrected chi connectivity index (χ3v) is 6.36. The molecule has 1 atom stereocenters. The van der Waals surface area contributed by atoms with Gasteiger partial charge >= 0.3 is 0 Å². The number of anilines is 1. The summed E-state index contributed by atoms with van der Waals surface area (Å²) in [6.45, 7) is 3.38. The number of hydrogen-bond acceptors (Lipinski definition) is 5. The average molecular weight is 412 g/mol. The molecule has 0 aromatic heterocycles. The Morgan fingerprint density at radius 3 is 2.29 bits per heavy atom. The number of nitrogens with one attached hydrogen (secondary N) is 3. The van der Waals surface area contributed by atoms with Crippen LogP contribution in [-0.4, -0.2) is 45.5 Å².